The lowest BCUT2D eigenvalue weighted by Gasteiger charge is -2.13. The van der Waals surface area contributed by atoms with Crippen LogP contribution in [0.25, 0.3) is 0 Å². The average molecular weight is 292 g/mol. The first-order chi connectivity index (χ1) is 9.90. The lowest BCUT2D eigenvalue weighted by atomic mass is 10.1. The quantitative estimate of drug-likeness (QED) is 0.672. The van der Waals surface area contributed by atoms with Crippen LogP contribution in [0.5, 0.6) is 5.75 Å². The number of hydrogen-bond donors (Lipinski definition) is 1. The fourth-order valence-corrected chi connectivity index (χ4v) is 1.97. The lowest BCUT2D eigenvalue weighted by Crippen LogP contribution is -2.03. The number of aryl methyl sites for hydroxylation is 2. The van der Waals surface area contributed by atoms with Gasteiger partial charge in [0.15, 0.2) is 0 Å². The third kappa shape index (κ3) is 3.19. The predicted octanol–water partition coefficient (Wildman–Crippen LogP) is 2.83. The van der Waals surface area contributed by atoms with Crippen molar-refractivity contribution >= 4 is 5.69 Å². The maximum absolute atomic E-state index is 10.8. The topological polar surface area (TPSA) is 98.6 Å². The van der Waals surface area contributed by atoms with Gasteiger partial charge in [0.1, 0.15) is 18.1 Å². The van der Waals surface area contributed by atoms with Crippen molar-refractivity contribution in [3.63, 3.8) is 0 Å². The zero-order valence-corrected chi connectivity index (χ0v) is 12.0. The SMILES string of the molecule is Cc1noc(C)c1COc1ccc([N+](=O)[O-])cc1[C@H](C)O. The molecule has 0 bridgehead atoms. The molecule has 0 aliphatic rings. The second-order valence-electron chi connectivity index (χ2n) is 4.75. The lowest BCUT2D eigenvalue weighted by molar-refractivity contribution is -0.385. The van der Waals surface area contributed by atoms with E-state index in [1.54, 1.807) is 13.8 Å². The van der Waals surface area contributed by atoms with E-state index in [4.69, 9.17) is 9.26 Å². The smallest absolute Gasteiger partial charge is 0.270 e. The average Bonchev–Trinajstić information content (AvgIpc) is 2.75. The molecule has 7 nitrogen and oxygen atoms in total. The number of non-ortho nitro benzene ring substituents is 1. The number of aromatic nitrogens is 1. The molecule has 0 unspecified atom stereocenters. The second kappa shape index (κ2) is 5.92. The first kappa shape index (κ1) is 15.0. The number of hydrogen-bond acceptors (Lipinski definition) is 6. The van der Waals surface area contributed by atoms with Gasteiger partial charge in [-0.1, -0.05) is 5.16 Å². The van der Waals surface area contributed by atoms with Crippen molar-refractivity contribution in [1.29, 1.82) is 0 Å². The van der Waals surface area contributed by atoms with Gasteiger partial charge in [-0.05, 0) is 26.8 Å². The van der Waals surface area contributed by atoms with Crippen molar-refractivity contribution in [2.45, 2.75) is 33.5 Å². The van der Waals surface area contributed by atoms with Crippen LogP contribution in [0.1, 0.15) is 35.6 Å². The standard InChI is InChI=1S/C14H16N2O5/c1-8-13(10(3)21-15-8)7-20-14-5-4-11(16(18)19)6-12(14)9(2)17/h4-6,9,17H,7H2,1-3H3/t9-/m0/s1. The van der Waals surface area contributed by atoms with Gasteiger partial charge in [0, 0.05) is 17.7 Å². The monoisotopic (exact) mass is 292 g/mol. The zero-order chi connectivity index (χ0) is 15.6. The van der Waals surface area contributed by atoms with Crippen LogP contribution in [-0.2, 0) is 6.61 Å². The summed E-state index contributed by atoms with van der Waals surface area (Å²) in [4.78, 5) is 10.3. The highest BCUT2D eigenvalue weighted by Gasteiger charge is 2.17. The van der Waals surface area contributed by atoms with Crippen LogP contribution in [0.2, 0.25) is 0 Å². The van der Waals surface area contributed by atoms with Crippen LogP contribution >= 0.6 is 0 Å². The molecule has 1 heterocycles. The van der Waals surface area contributed by atoms with E-state index < -0.39 is 11.0 Å². The number of nitro groups is 1. The predicted molar refractivity (Wildman–Crippen MR) is 74.0 cm³/mol. The maximum atomic E-state index is 10.8. The third-order valence-corrected chi connectivity index (χ3v) is 3.21. The molecule has 1 aromatic carbocycles. The molecule has 0 amide bonds. The van der Waals surface area contributed by atoms with Crippen molar-refractivity contribution in [2.24, 2.45) is 0 Å². The number of aliphatic hydroxyl groups excluding tert-OH is 1. The summed E-state index contributed by atoms with van der Waals surface area (Å²) in [6, 6.07) is 4.14. The Kier molecular flexibility index (Phi) is 4.23. The Labute approximate surface area is 121 Å². The van der Waals surface area contributed by atoms with E-state index in [0.29, 0.717) is 17.1 Å². The fraction of sp³-hybridized carbons (Fsp3) is 0.357. The molecule has 0 aliphatic heterocycles. The highest BCUT2D eigenvalue weighted by molar-refractivity contribution is 5.45. The minimum atomic E-state index is -0.871. The number of rotatable bonds is 5. The summed E-state index contributed by atoms with van der Waals surface area (Å²) in [5.41, 5.74) is 1.84. The highest BCUT2D eigenvalue weighted by Crippen LogP contribution is 2.30. The van der Waals surface area contributed by atoms with E-state index in [1.165, 1.54) is 25.1 Å². The van der Waals surface area contributed by atoms with Gasteiger partial charge >= 0.3 is 0 Å². The van der Waals surface area contributed by atoms with Gasteiger partial charge in [-0.25, -0.2) is 0 Å². The van der Waals surface area contributed by atoms with Crippen molar-refractivity contribution in [3.05, 3.63) is 50.9 Å². The van der Waals surface area contributed by atoms with Gasteiger partial charge in [-0.2, -0.15) is 0 Å². The molecular formula is C14H16N2O5. The van der Waals surface area contributed by atoms with Crippen LogP contribution in [0, 0.1) is 24.0 Å². The Bertz CT molecular complexity index is 644. The van der Waals surface area contributed by atoms with Gasteiger partial charge in [-0.15, -0.1) is 0 Å². The van der Waals surface area contributed by atoms with E-state index in [-0.39, 0.29) is 12.3 Å². The number of ether oxygens (including phenoxy) is 1. The Morgan fingerprint density at radius 3 is 2.71 bits per heavy atom. The van der Waals surface area contributed by atoms with Gasteiger partial charge < -0.3 is 14.4 Å². The molecule has 21 heavy (non-hydrogen) atoms. The molecule has 0 aliphatic carbocycles. The second-order valence-corrected chi connectivity index (χ2v) is 4.75. The van der Waals surface area contributed by atoms with Crippen LogP contribution in [-0.4, -0.2) is 15.2 Å². The van der Waals surface area contributed by atoms with Crippen LogP contribution in [0.15, 0.2) is 22.7 Å². The minimum Gasteiger partial charge on any atom is -0.488 e. The van der Waals surface area contributed by atoms with Gasteiger partial charge in [0.05, 0.1) is 22.3 Å². The van der Waals surface area contributed by atoms with Crippen LogP contribution in [0.4, 0.5) is 5.69 Å². The van der Waals surface area contributed by atoms with Crippen molar-refractivity contribution < 1.29 is 19.3 Å². The molecule has 2 rings (SSSR count). The number of nitro benzene ring substituents is 1. The van der Waals surface area contributed by atoms with Crippen LogP contribution < -0.4 is 4.74 Å². The van der Waals surface area contributed by atoms with E-state index in [1.807, 2.05) is 0 Å². The van der Waals surface area contributed by atoms with Gasteiger partial charge in [0.25, 0.3) is 5.69 Å². The van der Waals surface area contributed by atoms with Gasteiger partial charge in [-0.3, -0.25) is 10.1 Å². The largest absolute Gasteiger partial charge is 0.488 e. The fourth-order valence-electron chi connectivity index (χ4n) is 1.97. The normalized spacial score (nSPS) is 12.2. The van der Waals surface area contributed by atoms with Crippen molar-refractivity contribution in [2.75, 3.05) is 0 Å². The summed E-state index contributed by atoms with van der Waals surface area (Å²) in [5.74, 6) is 1.06. The summed E-state index contributed by atoms with van der Waals surface area (Å²) in [6.07, 6.45) is -0.871. The molecule has 0 saturated heterocycles. The van der Waals surface area contributed by atoms with E-state index in [2.05, 4.69) is 5.16 Å². The van der Waals surface area contributed by atoms with E-state index in [0.717, 1.165) is 11.3 Å². The summed E-state index contributed by atoms with van der Waals surface area (Å²) < 4.78 is 10.7. The van der Waals surface area contributed by atoms with E-state index >= 15 is 0 Å². The van der Waals surface area contributed by atoms with Crippen molar-refractivity contribution in [1.82, 2.24) is 5.16 Å². The minimum absolute atomic E-state index is 0.0874. The molecule has 0 saturated carbocycles. The Hall–Kier alpha value is -2.41. The van der Waals surface area contributed by atoms with Gasteiger partial charge in [0.2, 0.25) is 0 Å². The maximum Gasteiger partial charge on any atom is 0.270 e. The molecule has 2 aromatic rings. The molecule has 1 atom stereocenters. The van der Waals surface area contributed by atoms with Crippen molar-refractivity contribution in [3.8, 4) is 5.75 Å². The summed E-state index contributed by atoms with van der Waals surface area (Å²) in [7, 11) is 0. The van der Waals surface area contributed by atoms with E-state index in [9.17, 15) is 15.2 Å². The molecule has 0 fully saturated rings. The molecule has 0 spiro atoms. The molecule has 1 aromatic heterocycles. The molecule has 112 valence electrons. The van der Waals surface area contributed by atoms with Crippen LogP contribution in [0.3, 0.4) is 0 Å². The summed E-state index contributed by atoms with van der Waals surface area (Å²) in [5, 5.41) is 24.4. The Morgan fingerprint density at radius 2 is 2.19 bits per heavy atom. The number of benzene rings is 1. The highest BCUT2D eigenvalue weighted by atomic mass is 16.6. The number of nitrogens with zero attached hydrogens (tertiary/aromatic N) is 2. The summed E-state index contributed by atoms with van der Waals surface area (Å²) >= 11 is 0. The molecule has 0 radical (unpaired) electrons. The number of aliphatic hydroxyl groups is 1. The zero-order valence-electron chi connectivity index (χ0n) is 12.0. The molecule has 1 N–H and O–H groups in total. The molecule has 7 heteroatoms. The Morgan fingerprint density at radius 1 is 1.48 bits per heavy atom. The Balaban J connectivity index is 2.25. The third-order valence-electron chi connectivity index (χ3n) is 3.21. The first-order valence-corrected chi connectivity index (χ1v) is 6.41. The molecular weight excluding hydrogens is 276 g/mol. The summed E-state index contributed by atoms with van der Waals surface area (Å²) in [6.45, 7) is 5.34. The first-order valence-electron chi connectivity index (χ1n) is 6.41.